The Morgan fingerprint density at radius 1 is 0.760 bits per heavy atom. The van der Waals surface area contributed by atoms with Crippen LogP contribution in [0.2, 0.25) is 17.3 Å². The van der Waals surface area contributed by atoms with Crippen molar-refractivity contribution in [3.8, 4) is 0 Å². The van der Waals surface area contributed by atoms with E-state index in [4.69, 9.17) is 0 Å². The molecule has 0 saturated heterocycles. The summed E-state index contributed by atoms with van der Waals surface area (Å²) in [7, 11) is 0. The van der Waals surface area contributed by atoms with E-state index in [1.165, 1.54) is 23.1 Å². The molecule has 0 aromatic heterocycles. The Morgan fingerprint density at radius 3 is 2.16 bits per heavy atom. The van der Waals surface area contributed by atoms with Gasteiger partial charge in [0.15, 0.2) is 0 Å². The van der Waals surface area contributed by atoms with Crippen molar-refractivity contribution in [2.75, 3.05) is 0 Å². The molecule has 0 bridgehead atoms. The third-order valence-corrected chi connectivity index (χ3v) is 10.3. The van der Waals surface area contributed by atoms with Gasteiger partial charge in [-0.25, -0.2) is 0 Å². The number of hydrogen-bond acceptors (Lipinski definition) is 0. The molecule has 2 aromatic rings. The second-order valence-corrected chi connectivity index (χ2v) is 19.4. The molecule has 25 heavy (non-hydrogen) atoms. The van der Waals surface area contributed by atoms with Gasteiger partial charge in [0.05, 0.1) is 0 Å². The molecule has 0 saturated carbocycles. The molecule has 4 rings (SSSR count). The molecule has 128 valence electrons. The SMILES string of the molecule is CC1=Cc2ccccc2C1CC1C(C)=Cc2c1ccc[c]2[Ge]([CH3])([CH3])[CH3]. The van der Waals surface area contributed by atoms with Crippen LogP contribution in [0.5, 0.6) is 0 Å². The molecule has 2 aromatic carbocycles. The van der Waals surface area contributed by atoms with Gasteiger partial charge in [0.2, 0.25) is 0 Å². The van der Waals surface area contributed by atoms with E-state index >= 15 is 0 Å². The fourth-order valence-corrected chi connectivity index (χ4v) is 8.09. The molecule has 1 heteroatoms. The number of allylic oxidation sites excluding steroid dienone is 2. The van der Waals surface area contributed by atoms with Gasteiger partial charge in [-0.05, 0) is 0 Å². The predicted octanol–water partition coefficient (Wildman–Crippen LogP) is 6.32. The van der Waals surface area contributed by atoms with Gasteiger partial charge in [-0.15, -0.1) is 0 Å². The van der Waals surface area contributed by atoms with Crippen molar-refractivity contribution in [3.05, 3.63) is 75.9 Å². The first-order chi connectivity index (χ1) is 11.9. The zero-order valence-corrected chi connectivity index (χ0v) is 18.2. The van der Waals surface area contributed by atoms with Crippen molar-refractivity contribution < 1.29 is 0 Å². The Labute approximate surface area is 155 Å². The van der Waals surface area contributed by atoms with Crippen LogP contribution in [0.3, 0.4) is 0 Å². The van der Waals surface area contributed by atoms with Gasteiger partial charge in [0.1, 0.15) is 0 Å². The zero-order valence-electron chi connectivity index (χ0n) is 16.1. The maximum atomic E-state index is 2.51. The zero-order chi connectivity index (χ0) is 17.8. The molecular weight excluding hydrogens is 361 g/mol. The van der Waals surface area contributed by atoms with E-state index in [0.29, 0.717) is 11.8 Å². The predicted molar refractivity (Wildman–Crippen MR) is 113 cm³/mol. The summed E-state index contributed by atoms with van der Waals surface area (Å²) >= 11 is -1.85. The van der Waals surface area contributed by atoms with Gasteiger partial charge >= 0.3 is 155 Å². The molecule has 0 heterocycles. The van der Waals surface area contributed by atoms with Gasteiger partial charge in [0, 0.05) is 0 Å². The first kappa shape index (κ1) is 16.9. The molecule has 2 aliphatic rings. The number of fused-ring (bicyclic) bond motifs is 2. The van der Waals surface area contributed by atoms with Gasteiger partial charge in [-0.3, -0.25) is 0 Å². The Bertz CT molecular complexity index is 893. The number of benzene rings is 2. The molecule has 0 fully saturated rings. The molecule has 0 N–H and O–H groups in total. The van der Waals surface area contributed by atoms with Crippen molar-refractivity contribution in [1.82, 2.24) is 0 Å². The van der Waals surface area contributed by atoms with Crippen molar-refractivity contribution in [2.24, 2.45) is 0 Å². The third-order valence-electron chi connectivity index (χ3n) is 6.02. The van der Waals surface area contributed by atoms with Gasteiger partial charge in [-0.2, -0.15) is 0 Å². The summed E-state index contributed by atoms with van der Waals surface area (Å²) < 4.78 is 1.67. The van der Waals surface area contributed by atoms with Crippen LogP contribution in [0.15, 0.2) is 53.6 Å². The van der Waals surface area contributed by atoms with E-state index in [2.05, 4.69) is 85.7 Å². The van der Waals surface area contributed by atoms with E-state index < -0.39 is 13.3 Å². The Morgan fingerprint density at radius 2 is 1.40 bits per heavy atom. The van der Waals surface area contributed by atoms with E-state index in [0.717, 1.165) is 0 Å². The first-order valence-electron chi connectivity index (χ1n) is 9.45. The van der Waals surface area contributed by atoms with Crippen LogP contribution in [0.4, 0.5) is 0 Å². The van der Waals surface area contributed by atoms with Crippen LogP contribution in [-0.2, 0) is 0 Å². The monoisotopic (exact) mass is 390 g/mol. The van der Waals surface area contributed by atoms with E-state index in [1.54, 1.807) is 21.1 Å². The molecule has 2 aliphatic carbocycles. The average molecular weight is 389 g/mol. The first-order valence-corrected chi connectivity index (χ1v) is 16.8. The Kier molecular flexibility index (Phi) is 4.07. The summed E-state index contributed by atoms with van der Waals surface area (Å²) in [4.78, 5) is 0. The number of hydrogen-bond donors (Lipinski definition) is 0. The average Bonchev–Trinajstić information content (AvgIpc) is 3.04. The van der Waals surface area contributed by atoms with Crippen molar-refractivity contribution >= 4 is 29.8 Å². The molecule has 0 aliphatic heterocycles. The van der Waals surface area contributed by atoms with Gasteiger partial charge in [-0.1, -0.05) is 0 Å². The Balaban J connectivity index is 1.72. The van der Waals surface area contributed by atoms with Crippen LogP contribution >= 0.6 is 0 Å². The van der Waals surface area contributed by atoms with Crippen LogP contribution in [0.1, 0.15) is 54.4 Å². The van der Waals surface area contributed by atoms with E-state index in [1.807, 2.05) is 0 Å². The normalized spacial score (nSPS) is 21.6. The fraction of sp³-hybridized carbons (Fsp3) is 0.333. The summed E-state index contributed by atoms with van der Waals surface area (Å²) in [5.74, 6) is 8.65. The second kappa shape index (κ2) is 6.02. The Hall–Kier alpha value is -1.54. The van der Waals surface area contributed by atoms with Crippen LogP contribution in [0, 0.1) is 0 Å². The van der Waals surface area contributed by atoms with Crippen LogP contribution in [-0.4, -0.2) is 13.3 Å². The molecule has 0 amide bonds. The molecule has 0 spiro atoms. The van der Waals surface area contributed by atoms with E-state index in [-0.39, 0.29) is 0 Å². The third kappa shape index (κ3) is 2.85. The van der Waals surface area contributed by atoms with Crippen molar-refractivity contribution in [2.45, 2.75) is 49.4 Å². The van der Waals surface area contributed by atoms with Crippen LogP contribution < -0.4 is 4.40 Å². The minimum atomic E-state index is -1.85. The van der Waals surface area contributed by atoms with Crippen LogP contribution in [0.25, 0.3) is 12.2 Å². The summed E-state index contributed by atoms with van der Waals surface area (Å²) in [5.41, 5.74) is 9.14. The quantitative estimate of drug-likeness (QED) is 0.539. The summed E-state index contributed by atoms with van der Waals surface area (Å²) in [5, 5.41) is 0. The fourth-order valence-electron chi connectivity index (χ4n) is 4.69. The van der Waals surface area contributed by atoms with Gasteiger partial charge < -0.3 is 0 Å². The minimum absolute atomic E-state index is 0.565. The molecule has 0 radical (unpaired) electrons. The standard InChI is InChI=1S/C24H28Ge/c1-16-13-18-9-6-7-10-19(18)21(16)15-22-17(2)14-23-20(22)11-8-12-24(23)25(3,4)5/h6-14,21-22H,15H2,1-5H3. The number of rotatable bonds is 3. The topological polar surface area (TPSA) is 0 Å². The molecule has 2 unspecified atom stereocenters. The van der Waals surface area contributed by atoms with Crippen molar-refractivity contribution in [1.29, 1.82) is 0 Å². The summed E-state index contributed by atoms with van der Waals surface area (Å²) in [6.45, 7) is 4.64. The van der Waals surface area contributed by atoms with Gasteiger partial charge in [0.25, 0.3) is 0 Å². The molecule has 0 nitrogen and oxygen atoms in total. The maximum absolute atomic E-state index is 2.51. The van der Waals surface area contributed by atoms with Crippen molar-refractivity contribution in [3.63, 3.8) is 0 Å². The summed E-state index contributed by atoms with van der Waals surface area (Å²) in [6, 6.07) is 16.0. The molecule has 2 atom stereocenters. The van der Waals surface area contributed by atoms with E-state index in [9.17, 15) is 0 Å². The molecular formula is C24H28Ge. The second-order valence-electron chi connectivity index (χ2n) is 8.80. The summed E-state index contributed by atoms with van der Waals surface area (Å²) in [6.07, 6.45) is 6.08.